The third-order valence-electron chi connectivity index (χ3n) is 2.74. The van der Waals surface area contributed by atoms with Gasteiger partial charge in [-0.1, -0.05) is 6.92 Å². The molecule has 1 fully saturated rings. The van der Waals surface area contributed by atoms with Gasteiger partial charge in [-0.15, -0.1) is 0 Å². The van der Waals surface area contributed by atoms with Gasteiger partial charge in [0.1, 0.15) is 5.78 Å². The molecule has 12 heavy (non-hydrogen) atoms. The summed E-state index contributed by atoms with van der Waals surface area (Å²) in [7, 11) is 0. The summed E-state index contributed by atoms with van der Waals surface area (Å²) < 4.78 is 0. The van der Waals surface area contributed by atoms with E-state index in [1.54, 1.807) is 0 Å². The number of carbonyl (C=O) groups is 1. The van der Waals surface area contributed by atoms with Crippen LogP contribution in [0.25, 0.3) is 0 Å². The summed E-state index contributed by atoms with van der Waals surface area (Å²) in [5.41, 5.74) is 0. The number of rotatable bonds is 2. The van der Waals surface area contributed by atoms with Crippen LogP contribution in [0.4, 0.5) is 0 Å². The number of hydrogen-bond donors (Lipinski definition) is 0. The molecule has 1 aliphatic carbocycles. The SMILES string of the molecule is CC(CC#N)C1CCCC(=O)C1. The Balaban J connectivity index is 2.41. The molecule has 0 amide bonds. The lowest BCUT2D eigenvalue weighted by atomic mass is 9.79. The first-order valence-electron chi connectivity index (χ1n) is 4.62. The van der Waals surface area contributed by atoms with E-state index in [1.165, 1.54) is 0 Å². The third-order valence-corrected chi connectivity index (χ3v) is 2.74. The van der Waals surface area contributed by atoms with Crippen molar-refractivity contribution in [2.75, 3.05) is 0 Å². The second kappa shape index (κ2) is 4.25. The van der Waals surface area contributed by atoms with E-state index in [1.807, 2.05) is 0 Å². The average Bonchev–Trinajstić information content (AvgIpc) is 2.05. The Bertz CT molecular complexity index is 204. The first-order valence-corrected chi connectivity index (χ1v) is 4.62. The number of nitriles is 1. The van der Waals surface area contributed by atoms with E-state index in [0.29, 0.717) is 30.5 Å². The van der Waals surface area contributed by atoms with Gasteiger partial charge in [-0.2, -0.15) is 5.26 Å². The van der Waals surface area contributed by atoms with Crippen LogP contribution >= 0.6 is 0 Å². The van der Waals surface area contributed by atoms with Gasteiger partial charge in [0.2, 0.25) is 0 Å². The monoisotopic (exact) mass is 165 g/mol. The van der Waals surface area contributed by atoms with E-state index in [2.05, 4.69) is 13.0 Å². The molecule has 0 aromatic heterocycles. The summed E-state index contributed by atoms with van der Waals surface area (Å²) in [6, 6.07) is 2.17. The highest BCUT2D eigenvalue weighted by molar-refractivity contribution is 5.79. The van der Waals surface area contributed by atoms with E-state index < -0.39 is 0 Å². The number of ketones is 1. The van der Waals surface area contributed by atoms with Crippen molar-refractivity contribution >= 4 is 5.78 Å². The summed E-state index contributed by atoms with van der Waals surface area (Å²) in [5, 5.41) is 8.50. The lowest BCUT2D eigenvalue weighted by Crippen LogP contribution is -2.20. The van der Waals surface area contributed by atoms with Crippen molar-refractivity contribution in [3.8, 4) is 6.07 Å². The van der Waals surface area contributed by atoms with Gasteiger partial charge in [0, 0.05) is 19.3 Å². The lowest BCUT2D eigenvalue weighted by molar-refractivity contribution is -0.122. The van der Waals surface area contributed by atoms with Crippen molar-refractivity contribution in [2.45, 2.75) is 39.0 Å². The zero-order valence-corrected chi connectivity index (χ0v) is 7.55. The van der Waals surface area contributed by atoms with Crippen molar-refractivity contribution in [2.24, 2.45) is 11.8 Å². The number of nitrogens with zero attached hydrogens (tertiary/aromatic N) is 1. The van der Waals surface area contributed by atoms with Crippen LogP contribution in [0.5, 0.6) is 0 Å². The number of carbonyl (C=O) groups excluding carboxylic acids is 1. The molecule has 2 atom stereocenters. The molecule has 0 aromatic rings. The Morgan fingerprint density at radius 1 is 1.75 bits per heavy atom. The molecule has 2 nitrogen and oxygen atoms in total. The van der Waals surface area contributed by atoms with Gasteiger partial charge in [-0.25, -0.2) is 0 Å². The highest BCUT2D eigenvalue weighted by atomic mass is 16.1. The minimum Gasteiger partial charge on any atom is -0.300 e. The summed E-state index contributed by atoms with van der Waals surface area (Å²) >= 11 is 0. The Labute approximate surface area is 73.6 Å². The van der Waals surface area contributed by atoms with Gasteiger partial charge in [0.25, 0.3) is 0 Å². The quantitative estimate of drug-likeness (QED) is 0.630. The normalized spacial score (nSPS) is 26.3. The molecule has 0 aromatic carbocycles. The molecule has 0 radical (unpaired) electrons. The predicted molar refractivity (Wildman–Crippen MR) is 46.4 cm³/mol. The second-order valence-corrected chi connectivity index (χ2v) is 3.73. The Hall–Kier alpha value is -0.840. The van der Waals surface area contributed by atoms with Crippen LogP contribution in [0.15, 0.2) is 0 Å². The van der Waals surface area contributed by atoms with Gasteiger partial charge in [-0.05, 0) is 24.7 Å². The first kappa shape index (κ1) is 9.25. The average molecular weight is 165 g/mol. The molecule has 0 spiro atoms. The van der Waals surface area contributed by atoms with Gasteiger partial charge >= 0.3 is 0 Å². The van der Waals surface area contributed by atoms with E-state index in [4.69, 9.17) is 5.26 Å². The van der Waals surface area contributed by atoms with Crippen molar-refractivity contribution in [3.63, 3.8) is 0 Å². The standard InChI is InChI=1S/C10H15NO/c1-8(5-6-11)9-3-2-4-10(12)7-9/h8-9H,2-5,7H2,1H3. The highest BCUT2D eigenvalue weighted by Crippen LogP contribution is 2.29. The zero-order valence-electron chi connectivity index (χ0n) is 7.55. The predicted octanol–water partition coefficient (Wildman–Crippen LogP) is 2.30. The molecular weight excluding hydrogens is 150 g/mol. The van der Waals surface area contributed by atoms with Crippen LogP contribution in [0, 0.1) is 23.2 Å². The van der Waals surface area contributed by atoms with Crippen LogP contribution < -0.4 is 0 Å². The fourth-order valence-corrected chi connectivity index (χ4v) is 1.85. The zero-order chi connectivity index (χ0) is 8.97. The topological polar surface area (TPSA) is 40.9 Å². The molecule has 1 saturated carbocycles. The van der Waals surface area contributed by atoms with E-state index in [-0.39, 0.29) is 0 Å². The van der Waals surface area contributed by atoms with Crippen LogP contribution in [-0.4, -0.2) is 5.78 Å². The number of Topliss-reactive ketones (excluding diaryl/α,β-unsaturated/α-hetero) is 1. The highest BCUT2D eigenvalue weighted by Gasteiger charge is 2.23. The van der Waals surface area contributed by atoms with Gasteiger partial charge in [0.05, 0.1) is 6.07 Å². The first-order chi connectivity index (χ1) is 5.74. The van der Waals surface area contributed by atoms with Crippen molar-refractivity contribution in [3.05, 3.63) is 0 Å². The minimum absolute atomic E-state index is 0.385. The molecular formula is C10H15NO. The number of hydrogen-bond acceptors (Lipinski definition) is 2. The van der Waals surface area contributed by atoms with Crippen molar-refractivity contribution in [1.29, 1.82) is 5.26 Å². The van der Waals surface area contributed by atoms with Crippen LogP contribution in [0.3, 0.4) is 0 Å². The lowest BCUT2D eigenvalue weighted by Gasteiger charge is -2.24. The molecule has 1 aliphatic rings. The van der Waals surface area contributed by atoms with Gasteiger partial charge < -0.3 is 0 Å². The second-order valence-electron chi connectivity index (χ2n) is 3.73. The summed E-state index contributed by atoms with van der Waals surface area (Å²) in [6.45, 7) is 2.08. The maximum absolute atomic E-state index is 11.1. The third kappa shape index (κ3) is 2.34. The van der Waals surface area contributed by atoms with Crippen molar-refractivity contribution < 1.29 is 4.79 Å². The smallest absolute Gasteiger partial charge is 0.133 e. The Morgan fingerprint density at radius 2 is 2.50 bits per heavy atom. The fraction of sp³-hybridized carbons (Fsp3) is 0.800. The van der Waals surface area contributed by atoms with Gasteiger partial charge in [0.15, 0.2) is 0 Å². The molecule has 2 heteroatoms. The molecule has 0 saturated heterocycles. The molecule has 0 N–H and O–H groups in total. The largest absolute Gasteiger partial charge is 0.300 e. The Morgan fingerprint density at radius 3 is 3.08 bits per heavy atom. The summed E-state index contributed by atoms with van der Waals surface area (Å²) in [6.07, 6.45) is 4.23. The molecule has 66 valence electrons. The molecule has 0 bridgehead atoms. The minimum atomic E-state index is 0.385. The van der Waals surface area contributed by atoms with Crippen LogP contribution in [-0.2, 0) is 4.79 Å². The van der Waals surface area contributed by atoms with Crippen molar-refractivity contribution in [1.82, 2.24) is 0 Å². The van der Waals surface area contributed by atoms with Gasteiger partial charge in [-0.3, -0.25) is 4.79 Å². The summed E-state index contributed by atoms with van der Waals surface area (Å²) in [5.74, 6) is 1.26. The molecule has 1 rings (SSSR count). The molecule has 0 aliphatic heterocycles. The van der Waals surface area contributed by atoms with Crippen LogP contribution in [0.2, 0.25) is 0 Å². The fourth-order valence-electron chi connectivity index (χ4n) is 1.85. The maximum atomic E-state index is 11.1. The van der Waals surface area contributed by atoms with E-state index in [0.717, 1.165) is 19.3 Å². The Kier molecular flexibility index (Phi) is 3.28. The summed E-state index contributed by atoms with van der Waals surface area (Å²) in [4.78, 5) is 11.1. The van der Waals surface area contributed by atoms with Crippen LogP contribution in [0.1, 0.15) is 39.0 Å². The van der Waals surface area contributed by atoms with E-state index in [9.17, 15) is 4.79 Å². The molecule has 0 heterocycles. The van der Waals surface area contributed by atoms with E-state index >= 15 is 0 Å². The maximum Gasteiger partial charge on any atom is 0.133 e. The molecule has 2 unspecified atom stereocenters.